The molecule has 1 unspecified atom stereocenters. The third-order valence-corrected chi connectivity index (χ3v) is 13.1. The average molecular weight is 1000 g/mol. The molecule has 0 heterocycles. The molecular formula is C67H116O5. The second-order valence-electron chi connectivity index (χ2n) is 20.2. The molecule has 0 amide bonds. The summed E-state index contributed by atoms with van der Waals surface area (Å²) in [4.78, 5) is 25.6. The van der Waals surface area contributed by atoms with Gasteiger partial charge in [-0.25, -0.2) is 0 Å². The SMILES string of the molecule is CC/C=C\C/C=C\C/C=C\C/C=C\C/C=C\CCCCCCOCC(COC(=O)CCCCCCCCCCCCCCCCCCCCC)OC(=O)CCCCCCCCC/C=C\C/C=C\C/C=C\CC. The van der Waals surface area contributed by atoms with Crippen LogP contribution < -0.4 is 0 Å². The molecule has 0 aliphatic heterocycles. The van der Waals surface area contributed by atoms with Crippen molar-refractivity contribution in [2.45, 2.75) is 297 Å². The van der Waals surface area contributed by atoms with Crippen LogP contribution in [0.15, 0.2) is 97.2 Å². The first-order valence-corrected chi connectivity index (χ1v) is 30.8. The lowest BCUT2D eigenvalue weighted by Gasteiger charge is -2.18. The van der Waals surface area contributed by atoms with Crippen LogP contribution >= 0.6 is 0 Å². The van der Waals surface area contributed by atoms with Gasteiger partial charge in [0.15, 0.2) is 6.10 Å². The van der Waals surface area contributed by atoms with Gasteiger partial charge in [0.1, 0.15) is 6.61 Å². The van der Waals surface area contributed by atoms with Crippen molar-refractivity contribution in [3.05, 3.63) is 97.2 Å². The summed E-state index contributed by atoms with van der Waals surface area (Å²) in [7, 11) is 0. The first-order chi connectivity index (χ1) is 35.6. The van der Waals surface area contributed by atoms with Crippen molar-refractivity contribution in [2.24, 2.45) is 0 Å². The Kier molecular flexibility index (Phi) is 59.4. The molecule has 72 heavy (non-hydrogen) atoms. The summed E-state index contributed by atoms with van der Waals surface area (Å²) in [6, 6.07) is 0. The third-order valence-electron chi connectivity index (χ3n) is 13.1. The highest BCUT2D eigenvalue weighted by Crippen LogP contribution is 2.16. The van der Waals surface area contributed by atoms with E-state index in [2.05, 4.69) is 118 Å². The monoisotopic (exact) mass is 1000 g/mol. The molecule has 0 aliphatic carbocycles. The van der Waals surface area contributed by atoms with Gasteiger partial charge in [-0.15, -0.1) is 0 Å². The van der Waals surface area contributed by atoms with Crippen LogP contribution in [0.5, 0.6) is 0 Å². The molecule has 0 radical (unpaired) electrons. The second kappa shape index (κ2) is 62.1. The Hall–Kier alpha value is -3.18. The Morgan fingerprint density at radius 1 is 0.319 bits per heavy atom. The van der Waals surface area contributed by atoms with Crippen LogP contribution in [0.3, 0.4) is 0 Å². The minimum atomic E-state index is -0.560. The van der Waals surface area contributed by atoms with Crippen LogP contribution in [0.2, 0.25) is 0 Å². The molecule has 0 saturated carbocycles. The Balaban J connectivity index is 4.33. The summed E-state index contributed by atoms with van der Waals surface area (Å²) in [6.45, 7) is 7.57. The van der Waals surface area contributed by atoms with Crippen molar-refractivity contribution in [3.8, 4) is 0 Å². The Morgan fingerprint density at radius 2 is 0.625 bits per heavy atom. The van der Waals surface area contributed by atoms with Crippen LogP contribution in [0.1, 0.15) is 290 Å². The molecule has 0 rings (SSSR count). The molecule has 0 aliphatic rings. The zero-order chi connectivity index (χ0) is 52.0. The normalized spacial score (nSPS) is 12.9. The van der Waals surface area contributed by atoms with Gasteiger partial charge in [-0.2, -0.15) is 0 Å². The Bertz CT molecular complexity index is 1360. The van der Waals surface area contributed by atoms with Gasteiger partial charge in [-0.3, -0.25) is 9.59 Å². The van der Waals surface area contributed by atoms with Crippen molar-refractivity contribution in [2.75, 3.05) is 19.8 Å². The van der Waals surface area contributed by atoms with E-state index >= 15 is 0 Å². The van der Waals surface area contributed by atoms with E-state index < -0.39 is 6.10 Å². The summed E-state index contributed by atoms with van der Waals surface area (Å²) in [5.41, 5.74) is 0. The molecule has 0 saturated heterocycles. The molecule has 0 aromatic rings. The highest BCUT2D eigenvalue weighted by Gasteiger charge is 2.17. The van der Waals surface area contributed by atoms with E-state index in [9.17, 15) is 9.59 Å². The zero-order valence-corrected chi connectivity index (χ0v) is 47.7. The van der Waals surface area contributed by atoms with Crippen molar-refractivity contribution >= 4 is 11.9 Å². The molecule has 0 aromatic carbocycles. The standard InChI is InChI=1S/C67H116O5/c1-4-7-10-13-16-19-22-25-28-31-33-35-38-41-44-47-50-53-56-59-62-70-63-65(72-67(69)61-58-55-52-49-46-43-40-36-30-27-24-21-18-15-12-9-6-3)64-71-66(68)60-57-54-51-48-45-42-39-37-34-32-29-26-23-20-17-14-11-8-5-2/h7,9-10,12,16,18-19,21,25,27-28,30,33,35,41,44,65H,4-6,8,11,13-15,17,20,22-24,26,29,31-32,34,36-40,42-43,45-64H2,1-3H3/b10-7-,12-9-,19-16-,21-18-,28-25-,30-27-,35-33-,44-41-. The molecule has 0 fully saturated rings. The fraction of sp³-hybridized carbons (Fsp3) is 0.731. The van der Waals surface area contributed by atoms with Crippen LogP contribution in [-0.2, 0) is 23.8 Å². The zero-order valence-electron chi connectivity index (χ0n) is 47.7. The van der Waals surface area contributed by atoms with Gasteiger partial charge < -0.3 is 14.2 Å². The molecule has 0 aromatic heterocycles. The Morgan fingerprint density at radius 3 is 1.00 bits per heavy atom. The first kappa shape index (κ1) is 68.8. The van der Waals surface area contributed by atoms with E-state index in [1.54, 1.807) is 0 Å². The fourth-order valence-corrected chi connectivity index (χ4v) is 8.61. The maximum absolute atomic E-state index is 12.9. The van der Waals surface area contributed by atoms with E-state index in [-0.39, 0.29) is 25.2 Å². The lowest BCUT2D eigenvalue weighted by molar-refractivity contribution is -0.163. The largest absolute Gasteiger partial charge is 0.462 e. The number of ether oxygens (including phenoxy) is 3. The summed E-state index contributed by atoms with van der Waals surface area (Å²) >= 11 is 0. The van der Waals surface area contributed by atoms with Crippen molar-refractivity contribution in [3.63, 3.8) is 0 Å². The molecular weight excluding hydrogens is 885 g/mol. The smallest absolute Gasteiger partial charge is 0.306 e. The van der Waals surface area contributed by atoms with Crippen molar-refractivity contribution in [1.29, 1.82) is 0 Å². The summed E-state index contributed by atoms with van der Waals surface area (Å²) in [6.07, 6.45) is 84.4. The number of unbranched alkanes of at least 4 members (excludes halogenated alkanes) is 29. The highest BCUT2D eigenvalue weighted by atomic mass is 16.6. The van der Waals surface area contributed by atoms with Crippen LogP contribution in [0.4, 0.5) is 0 Å². The van der Waals surface area contributed by atoms with Gasteiger partial charge >= 0.3 is 11.9 Å². The van der Waals surface area contributed by atoms with Crippen molar-refractivity contribution in [1.82, 2.24) is 0 Å². The molecule has 5 nitrogen and oxygen atoms in total. The summed E-state index contributed by atoms with van der Waals surface area (Å²) in [5.74, 6) is -0.415. The average Bonchev–Trinajstić information content (AvgIpc) is 3.38. The van der Waals surface area contributed by atoms with Gasteiger partial charge in [0.2, 0.25) is 0 Å². The minimum Gasteiger partial charge on any atom is -0.462 e. The number of rotatable bonds is 56. The third kappa shape index (κ3) is 59.4. The minimum absolute atomic E-state index is 0.0689. The van der Waals surface area contributed by atoms with E-state index in [0.29, 0.717) is 19.4 Å². The molecule has 414 valence electrons. The molecule has 1 atom stereocenters. The lowest BCUT2D eigenvalue weighted by atomic mass is 10.0. The van der Waals surface area contributed by atoms with Gasteiger partial charge in [0.25, 0.3) is 0 Å². The van der Waals surface area contributed by atoms with E-state index in [1.165, 1.54) is 148 Å². The second-order valence-corrected chi connectivity index (χ2v) is 20.2. The van der Waals surface area contributed by atoms with Crippen LogP contribution in [-0.4, -0.2) is 37.9 Å². The quantitative estimate of drug-likeness (QED) is 0.0345. The van der Waals surface area contributed by atoms with Gasteiger partial charge in [-0.1, -0.05) is 279 Å². The number of carbonyl (C=O) groups excluding carboxylic acids is 2. The topological polar surface area (TPSA) is 61.8 Å². The number of carbonyl (C=O) groups is 2. The van der Waals surface area contributed by atoms with Crippen LogP contribution in [0, 0.1) is 0 Å². The van der Waals surface area contributed by atoms with Crippen LogP contribution in [0.25, 0.3) is 0 Å². The fourth-order valence-electron chi connectivity index (χ4n) is 8.61. The summed E-state index contributed by atoms with van der Waals surface area (Å²) in [5, 5.41) is 0. The van der Waals surface area contributed by atoms with Crippen molar-refractivity contribution < 1.29 is 23.8 Å². The Labute approximate surface area is 447 Å². The summed E-state index contributed by atoms with van der Waals surface area (Å²) < 4.78 is 17.5. The van der Waals surface area contributed by atoms with E-state index in [0.717, 1.165) is 109 Å². The number of esters is 2. The predicted octanol–water partition coefficient (Wildman–Crippen LogP) is 21.4. The number of hydrogen-bond donors (Lipinski definition) is 0. The lowest BCUT2D eigenvalue weighted by Crippen LogP contribution is -2.30. The van der Waals surface area contributed by atoms with Gasteiger partial charge in [0, 0.05) is 19.4 Å². The highest BCUT2D eigenvalue weighted by molar-refractivity contribution is 5.70. The maximum Gasteiger partial charge on any atom is 0.306 e. The van der Waals surface area contributed by atoms with E-state index in [4.69, 9.17) is 14.2 Å². The molecule has 0 bridgehead atoms. The van der Waals surface area contributed by atoms with Gasteiger partial charge in [0.05, 0.1) is 6.61 Å². The van der Waals surface area contributed by atoms with E-state index in [1.807, 2.05) is 0 Å². The van der Waals surface area contributed by atoms with Gasteiger partial charge in [-0.05, 0) is 96.3 Å². The molecule has 5 heteroatoms. The molecule has 0 spiro atoms. The number of hydrogen-bond acceptors (Lipinski definition) is 5. The maximum atomic E-state index is 12.9. The molecule has 0 N–H and O–H groups in total. The first-order valence-electron chi connectivity index (χ1n) is 30.8. The number of allylic oxidation sites excluding steroid dienone is 16. The predicted molar refractivity (Wildman–Crippen MR) is 316 cm³/mol.